The SMILES string of the molecule is CCC(C)(CC(C)(C)C(=O)NCCOCCOCCNC(=O)C1CCC(CN2C(=O)C=CC2=O)CC1)C(=O)NCC(O)CO. The number of nitrogens with one attached hydrogen (secondary N) is 3. The lowest BCUT2D eigenvalue weighted by Crippen LogP contribution is -2.47. The molecule has 0 bridgehead atoms. The standard InChI is InChI=1S/C31H52N4O9/c1-5-31(4,29(42)34-18-24(37)20-36)21-30(2,3)28(41)33-13-15-44-17-16-43-14-12-32-27(40)23-8-6-22(7-9-23)19-35-25(38)10-11-26(35)39/h10-11,22-24,36-37H,5-9,12-21H2,1-4H3,(H,32,40)(H,33,41)(H,34,42). The first kappa shape index (κ1) is 37.3. The summed E-state index contributed by atoms with van der Waals surface area (Å²) in [5, 5.41) is 26.9. The zero-order valence-electron chi connectivity index (χ0n) is 26.7. The summed E-state index contributed by atoms with van der Waals surface area (Å²) in [4.78, 5) is 62.8. The van der Waals surface area contributed by atoms with Gasteiger partial charge in [0.15, 0.2) is 0 Å². The molecule has 5 N–H and O–H groups in total. The second-order valence-electron chi connectivity index (χ2n) is 12.6. The molecule has 1 aliphatic heterocycles. The minimum absolute atomic E-state index is 0.00247. The van der Waals surface area contributed by atoms with Crippen LogP contribution in [-0.2, 0) is 33.4 Å². The summed E-state index contributed by atoms with van der Waals surface area (Å²) in [6.45, 7) is 9.17. The third-order valence-electron chi connectivity index (χ3n) is 8.49. The highest BCUT2D eigenvalue weighted by atomic mass is 16.5. The summed E-state index contributed by atoms with van der Waals surface area (Å²) < 4.78 is 11.1. The highest BCUT2D eigenvalue weighted by Gasteiger charge is 2.41. The van der Waals surface area contributed by atoms with E-state index >= 15 is 0 Å². The minimum atomic E-state index is -1.03. The van der Waals surface area contributed by atoms with Crippen LogP contribution in [0.2, 0.25) is 0 Å². The fraction of sp³-hybridized carbons (Fsp3) is 0.774. The summed E-state index contributed by atoms with van der Waals surface area (Å²) in [5.74, 6) is -0.844. The van der Waals surface area contributed by atoms with E-state index < -0.39 is 23.5 Å². The van der Waals surface area contributed by atoms with Crippen molar-refractivity contribution in [3.63, 3.8) is 0 Å². The lowest BCUT2D eigenvalue weighted by Gasteiger charge is -2.35. The predicted octanol–water partition coefficient (Wildman–Crippen LogP) is 0.285. The average Bonchev–Trinajstić information content (AvgIpc) is 3.32. The predicted molar refractivity (Wildman–Crippen MR) is 162 cm³/mol. The van der Waals surface area contributed by atoms with E-state index in [1.54, 1.807) is 20.8 Å². The Morgan fingerprint density at radius 2 is 1.48 bits per heavy atom. The zero-order chi connectivity index (χ0) is 32.8. The normalized spacial score (nSPS) is 20.7. The molecule has 2 aliphatic rings. The first-order chi connectivity index (χ1) is 20.8. The number of nitrogens with zero attached hydrogens (tertiary/aromatic N) is 1. The number of hydrogen-bond donors (Lipinski definition) is 5. The third kappa shape index (κ3) is 11.9. The van der Waals surface area contributed by atoms with Crippen LogP contribution in [0.4, 0.5) is 0 Å². The second kappa shape index (κ2) is 18.2. The van der Waals surface area contributed by atoms with Crippen LogP contribution in [0.5, 0.6) is 0 Å². The van der Waals surface area contributed by atoms with Crippen LogP contribution in [0.1, 0.15) is 66.2 Å². The molecule has 0 radical (unpaired) electrons. The molecule has 2 atom stereocenters. The number of aliphatic hydroxyl groups is 2. The van der Waals surface area contributed by atoms with Crippen molar-refractivity contribution in [2.75, 3.05) is 59.2 Å². The number of carbonyl (C=O) groups excluding carboxylic acids is 5. The molecule has 1 fully saturated rings. The van der Waals surface area contributed by atoms with Crippen LogP contribution in [0.15, 0.2) is 12.2 Å². The molecule has 2 rings (SSSR count). The number of ether oxygens (including phenoxy) is 2. The molecule has 1 saturated carbocycles. The summed E-state index contributed by atoms with van der Waals surface area (Å²) >= 11 is 0. The smallest absolute Gasteiger partial charge is 0.253 e. The van der Waals surface area contributed by atoms with E-state index in [0.717, 1.165) is 25.7 Å². The van der Waals surface area contributed by atoms with Gasteiger partial charge in [-0.2, -0.15) is 0 Å². The fourth-order valence-corrected chi connectivity index (χ4v) is 5.58. The highest BCUT2D eigenvalue weighted by Crippen LogP contribution is 2.37. The quantitative estimate of drug-likeness (QED) is 0.0938. The van der Waals surface area contributed by atoms with Gasteiger partial charge in [0.05, 0.1) is 39.1 Å². The van der Waals surface area contributed by atoms with Crippen molar-refractivity contribution in [2.24, 2.45) is 22.7 Å². The van der Waals surface area contributed by atoms with E-state index in [9.17, 15) is 29.1 Å². The molecule has 13 nitrogen and oxygen atoms in total. The molecule has 0 aromatic rings. The number of rotatable bonds is 20. The van der Waals surface area contributed by atoms with Crippen molar-refractivity contribution in [3.8, 4) is 0 Å². The van der Waals surface area contributed by atoms with Crippen LogP contribution >= 0.6 is 0 Å². The fourth-order valence-electron chi connectivity index (χ4n) is 5.58. The molecule has 13 heteroatoms. The van der Waals surface area contributed by atoms with Crippen molar-refractivity contribution in [1.29, 1.82) is 0 Å². The molecule has 5 amide bonds. The monoisotopic (exact) mass is 624 g/mol. The molecule has 250 valence electrons. The summed E-state index contributed by atoms with van der Waals surface area (Å²) in [5.41, 5.74) is -1.64. The number of carbonyl (C=O) groups is 5. The van der Waals surface area contributed by atoms with E-state index in [0.29, 0.717) is 58.9 Å². The van der Waals surface area contributed by atoms with Crippen LogP contribution in [0.25, 0.3) is 0 Å². The first-order valence-electron chi connectivity index (χ1n) is 15.6. The Balaban J connectivity index is 1.52. The number of aliphatic hydroxyl groups excluding tert-OH is 2. The molecule has 0 aromatic carbocycles. The molecule has 2 unspecified atom stereocenters. The molecule has 0 spiro atoms. The van der Waals surface area contributed by atoms with Crippen molar-refractivity contribution in [1.82, 2.24) is 20.9 Å². The van der Waals surface area contributed by atoms with Gasteiger partial charge in [0.25, 0.3) is 11.8 Å². The molecule has 1 aliphatic carbocycles. The maximum absolute atomic E-state index is 12.8. The number of imide groups is 1. The Hall–Kier alpha value is -2.87. The second-order valence-corrected chi connectivity index (χ2v) is 12.6. The Morgan fingerprint density at radius 3 is 2.02 bits per heavy atom. The highest BCUT2D eigenvalue weighted by molar-refractivity contribution is 6.12. The Kier molecular flexibility index (Phi) is 15.4. The molecule has 0 saturated heterocycles. The molecule has 44 heavy (non-hydrogen) atoms. The van der Waals surface area contributed by atoms with Gasteiger partial charge >= 0.3 is 0 Å². The summed E-state index contributed by atoms with van der Waals surface area (Å²) in [7, 11) is 0. The lowest BCUT2D eigenvalue weighted by atomic mass is 9.71. The molecular weight excluding hydrogens is 572 g/mol. The van der Waals surface area contributed by atoms with E-state index in [1.165, 1.54) is 17.1 Å². The molecular formula is C31H52N4O9. The van der Waals surface area contributed by atoms with Crippen molar-refractivity contribution >= 4 is 29.5 Å². The largest absolute Gasteiger partial charge is 0.394 e. The van der Waals surface area contributed by atoms with Crippen molar-refractivity contribution in [3.05, 3.63) is 12.2 Å². The van der Waals surface area contributed by atoms with Gasteiger partial charge in [0.2, 0.25) is 17.7 Å². The van der Waals surface area contributed by atoms with Crippen LogP contribution in [0.3, 0.4) is 0 Å². The van der Waals surface area contributed by atoms with Gasteiger partial charge in [-0.15, -0.1) is 0 Å². The van der Waals surface area contributed by atoms with E-state index in [2.05, 4.69) is 16.0 Å². The van der Waals surface area contributed by atoms with Gasteiger partial charge < -0.3 is 35.6 Å². The maximum Gasteiger partial charge on any atom is 0.253 e. The third-order valence-corrected chi connectivity index (χ3v) is 8.49. The van der Waals surface area contributed by atoms with Crippen molar-refractivity contribution < 1.29 is 43.7 Å². The first-order valence-corrected chi connectivity index (χ1v) is 15.6. The molecule has 1 heterocycles. The van der Waals surface area contributed by atoms with E-state index in [4.69, 9.17) is 14.6 Å². The minimum Gasteiger partial charge on any atom is -0.394 e. The molecule has 0 aromatic heterocycles. The van der Waals surface area contributed by atoms with E-state index in [1.807, 2.05) is 6.92 Å². The maximum atomic E-state index is 12.8. The van der Waals surface area contributed by atoms with Gasteiger partial charge in [0.1, 0.15) is 0 Å². The van der Waals surface area contributed by atoms with Gasteiger partial charge in [0, 0.05) is 55.1 Å². The van der Waals surface area contributed by atoms with Gasteiger partial charge in [-0.3, -0.25) is 28.9 Å². The Bertz CT molecular complexity index is 992. The lowest BCUT2D eigenvalue weighted by molar-refractivity contribution is -0.139. The zero-order valence-corrected chi connectivity index (χ0v) is 26.7. The van der Waals surface area contributed by atoms with Crippen LogP contribution in [0, 0.1) is 22.7 Å². The van der Waals surface area contributed by atoms with Gasteiger partial charge in [-0.25, -0.2) is 0 Å². The van der Waals surface area contributed by atoms with E-state index in [-0.39, 0.29) is 47.9 Å². The van der Waals surface area contributed by atoms with Gasteiger partial charge in [-0.05, 0) is 44.4 Å². The van der Waals surface area contributed by atoms with Crippen molar-refractivity contribution in [2.45, 2.75) is 72.3 Å². The summed E-state index contributed by atoms with van der Waals surface area (Å²) in [6.07, 6.45) is 5.43. The van der Waals surface area contributed by atoms with Gasteiger partial charge in [-0.1, -0.05) is 27.7 Å². The topological polar surface area (TPSA) is 184 Å². The average molecular weight is 625 g/mol. The van der Waals surface area contributed by atoms with Crippen LogP contribution in [-0.4, -0.2) is 110 Å². The number of hydrogen-bond acceptors (Lipinski definition) is 9. The number of amides is 5. The Labute approximate surface area is 260 Å². The summed E-state index contributed by atoms with van der Waals surface area (Å²) in [6, 6.07) is 0. The Morgan fingerprint density at radius 1 is 0.909 bits per heavy atom. The van der Waals surface area contributed by atoms with Crippen LogP contribution < -0.4 is 16.0 Å².